The third-order valence-electron chi connectivity index (χ3n) is 1.55. The molecule has 5 heteroatoms. The van der Waals surface area contributed by atoms with Crippen molar-refractivity contribution in [1.82, 2.24) is 4.98 Å². The molecule has 0 aliphatic carbocycles. The van der Waals surface area contributed by atoms with E-state index in [-0.39, 0.29) is 0 Å². The van der Waals surface area contributed by atoms with E-state index < -0.39 is 12.2 Å². The van der Waals surface area contributed by atoms with Gasteiger partial charge >= 0.3 is 0 Å². The number of nitrogens with two attached hydrogens (primary N) is 1. The summed E-state index contributed by atoms with van der Waals surface area (Å²) >= 11 is 0. The summed E-state index contributed by atoms with van der Waals surface area (Å²) in [5, 5.41) is 26.7. The third-order valence-corrected chi connectivity index (χ3v) is 1.55. The van der Waals surface area contributed by atoms with Crippen molar-refractivity contribution in [2.24, 2.45) is 0 Å². The highest BCUT2D eigenvalue weighted by Gasteiger charge is 2.17. The smallest absolute Gasteiger partial charge is 0.170 e. The Balaban J connectivity index is 2.90. The van der Waals surface area contributed by atoms with Crippen molar-refractivity contribution in [2.45, 2.75) is 12.2 Å². The molecule has 0 fully saturated rings. The molecule has 4 N–H and O–H groups in total. The number of nitriles is 1. The molecule has 5 nitrogen and oxygen atoms in total. The van der Waals surface area contributed by atoms with Crippen LogP contribution in [0.5, 0.6) is 0 Å². The number of hydrogen-bond donors (Lipinski definition) is 3. The second-order valence-electron chi connectivity index (χ2n) is 2.57. The molecule has 0 radical (unpaired) electrons. The molecule has 1 rings (SSSR count). The van der Waals surface area contributed by atoms with Gasteiger partial charge in [0.1, 0.15) is 6.10 Å². The van der Waals surface area contributed by atoms with Crippen molar-refractivity contribution in [3.63, 3.8) is 0 Å². The van der Waals surface area contributed by atoms with Gasteiger partial charge < -0.3 is 15.9 Å². The highest BCUT2D eigenvalue weighted by molar-refractivity contribution is 5.38. The van der Waals surface area contributed by atoms with Crippen LogP contribution in [0.25, 0.3) is 0 Å². The van der Waals surface area contributed by atoms with Crippen LogP contribution in [0.4, 0.5) is 5.69 Å². The van der Waals surface area contributed by atoms with E-state index in [0.29, 0.717) is 11.3 Å². The number of aliphatic hydroxyl groups excluding tert-OH is 2. The van der Waals surface area contributed by atoms with Gasteiger partial charge in [-0.3, -0.25) is 4.98 Å². The monoisotopic (exact) mass is 179 g/mol. The summed E-state index contributed by atoms with van der Waals surface area (Å²) in [6, 6.07) is 2.98. The van der Waals surface area contributed by atoms with Crippen LogP contribution in [-0.2, 0) is 0 Å². The van der Waals surface area contributed by atoms with E-state index in [2.05, 4.69) is 4.98 Å². The highest BCUT2D eigenvalue weighted by atomic mass is 16.3. The summed E-state index contributed by atoms with van der Waals surface area (Å²) in [6.07, 6.45) is 0.0425. The van der Waals surface area contributed by atoms with Gasteiger partial charge in [0.05, 0.1) is 11.8 Å². The van der Waals surface area contributed by atoms with E-state index in [1.165, 1.54) is 24.5 Å². The third kappa shape index (κ3) is 2.15. The molecule has 13 heavy (non-hydrogen) atoms. The van der Waals surface area contributed by atoms with E-state index in [9.17, 15) is 5.11 Å². The Bertz CT molecular complexity index is 334. The van der Waals surface area contributed by atoms with Gasteiger partial charge in [0.15, 0.2) is 6.10 Å². The van der Waals surface area contributed by atoms with E-state index in [1.54, 1.807) is 0 Å². The number of nitrogen functional groups attached to an aromatic ring is 1. The molecule has 0 spiro atoms. The number of pyridine rings is 1. The van der Waals surface area contributed by atoms with Gasteiger partial charge in [-0.05, 0) is 6.07 Å². The van der Waals surface area contributed by atoms with Gasteiger partial charge in [-0.25, -0.2) is 0 Å². The predicted molar refractivity (Wildman–Crippen MR) is 45.2 cm³/mol. The van der Waals surface area contributed by atoms with Crippen LogP contribution in [-0.4, -0.2) is 21.3 Å². The minimum absolute atomic E-state index is 0.328. The molecule has 2 atom stereocenters. The van der Waals surface area contributed by atoms with E-state index >= 15 is 0 Å². The van der Waals surface area contributed by atoms with Crippen molar-refractivity contribution in [2.75, 3.05) is 5.73 Å². The molecule has 1 heterocycles. The van der Waals surface area contributed by atoms with Gasteiger partial charge in [-0.15, -0.1) is 0 Å². The van der Waals surface area contributed by atoms with Gasteiger partial charge in [0.2, 0.25) is 0 Å². The molecule has 0 saturated carbocycles. The zero-order valence-electron chi connectivity index (χ0n) is 6.75. The van der Waals surface area contributed by atoms with Crippen molar-refractivity contribution in [3.8, 4) is 6.07 Å². The molecular weight excluding hydrogens is 170 g/mol. The molecule has 0 bridgehead atoms. The van der Waals surface area contributed by atoms with Crippen LogP contribution in [0.2, 0.25) is 0 Å². The number of rotatable bonds is 2. The second kappa shape index (κ2) is 3.85. The predicted octanol–water partition coefficient (Wildman–Crippen LogP) is -0.418. The van der Waals surface area contributed by atoms with Crippen LogP contribution in [0, 0.1) is 11.3 Å². The molecule has 0 amide bonds. The molecule has 68 valence electrons. The number of nitrogens with zero attached hydrogens (tertiary/aromatic N) is 2. The molecule has 0 aromatic carbocycles. The summed E-state index contributed by atoms with van der Waals surface area (Å²) in [5.41, 5.74) is 6.10. The number of aromatic nitrogens is 1. The maximum absolute atomic E-state index is 9.35. The lowest BCUT2D eigenvalue weighted by molar-refractivity contribution is 0.0526. The summed E-state index contributed by atoms with van der Waals surface area (Å²) in [5.74, 6) is 0. The van der Waals surface area contributed by atoms with Gasteiger partial charge in [0, 0.05) is 18.0 Å². The highest BCUT2D eigenvalue weighted by Crippen LogP contribution is 2.17. The zero-order valence-corrected chi connectivity index (χ0v) is 6.75. The summed E-state index contributed by atoms with van der Waals surface area (Å²) < 4.78 is 0. The van der Waals surface area contributed by atoms with Crippen molar-refractivity contribution in [1.29, 1.82) is 5.26 Å². The first-order chi connectivity index (χ1) is 6.15. The van der Waals surface area contributed by atoms with Crippen molar-refractivity contribution >= 4 is 5.69 Å². The van der Waals surface area contributed by atoms with Gasteiger partial charge in [-0.2, -0.15) is 5.26 Å². The quantitative estimate of drug-likeness (QED) is 0.535. The van der Waals surface area contributed by atoms with Crippen LogP contribution in [0.3, 0.4) is 0 Å². The number of aliphatic hydroxyl groups is 2. The van der Waals surface area contributed by atoms with E-state index in [4.69, 9.17) is 16.1 Å². The van der Waals surface area contributed by atoms with E-state index in [1.807, 2.05) is 0 Å². The normalized spacial score (nSPS) is 14.5. The lowest BCUT2D eigenvalue weighted by atomic mass is 10.1. The maximum Gasteiger partial charge on any atom is 0.170 e. The topological polar surface area (TPSA) is 103 Å². The SMILES string of the molecule is N#CC(O)C(O)c1cncc(N)c1. The molecule has 1 aromatic rings. The first-order valence-corrected chi connectivity index (χ1v) is 3.61. The van der Waals surface area contributed by atoms with Gasteiger partial charge in [0.25, 0.3) is 0 Å². The summed E-state index contributed by atoms with van der Waals surface area (Å²) in [4.78, 5) is 3.72. The minimum atomic E-state index is -1.46. The van der Waals surface area contributed by atoms with Crippen molar-refractivity contribution < 1.29 is 10.2 Å². The second-order valence-corrected chi connectivity index (χ2v) is 2.57. The Kier molecular flexibility index (Phi) is 2.80. The Morgan fingerprint density at radius 3 is 2.69 bits per heavy atom. The average Bonchev–Trinajstić information content (AvgIpc) is 2.15. The summed E-state index contributed by atoms with van der Waals surface area (Å²) in [7, 11) is 0. The lowest BCUT2D eigenvalue weighted by Gasteiger charge is -2.11. The zero-order chi connectivity index (χ0) is 9.84. The minimum Gasteiger partial charge on any atom is -0.397 e. The fourth-order valence-electron chi connectivity index (χ4n) is 0.891. The van der Waals surface area contributed by atoms with Crippen LogP contribution < -0.4 is 5.73 Å². The number of hydrogen-bond acceptors (Lipinski definition) is 5. The fourth-order valence-corrected chi connectivity index (χ4v) is 0.891. The van der Waals surface area contributed by atoms with Gasteiger partial charge in [-0.1, -0.05) is 0 Å². The standard InChI is InChI=1S/C8H9N3O2/c9-2-7(12)8(13)5-1-6(10)4-11-3-5/h1,3-4,7-8,12-13H,10H2. The van der Waals surface area contributed by atoms with Crippen LogP contribution >= 0.6 is 0 Å². The largest absolute Gasteiger partial charge is 0.397 e. The fraction of sp³-hybridized carbons (Fsp3) is 0.250. The Labute approximate surface area is 75.1 Å². The summed E-state index contributed by atoms with van der Waals surface area (Å²) in [6.45, 7) is 0. The first kappa shape index (κ1) is 9.45. The molecule has 0 aliphatic heterocycles. The molecule has 2 unspecified atom stereocenters. The molecule has 1 aromatic heterocycles. The van der Waals surface area contributed by atoms with Crippen LogP contribution in [0.15, 0.2) is 18.5 Å². The molecule has 0 saturated heterocycles. The Morgan fingerprint density at radius 2 is 2.15 bits per heavy atom. The first-order valence-electron chi connectivity index (χ1n) is 3.61. The number of anilines is 1. The van der Waals surface area contributed by atoms with E-state index in [0.717, 1.165) is 0 Å². The lowest BCUT2D eigenvalue weighted by Crippen LogP contribution is -2.16. The maximum atomic E-state index is 9.35. The Morgan fingerprint density at radius 1 is 1.46 bits per heavy atom. The molecular formula is C8H9N3O2. The molecule has 0 aliphatic rings. The van der Waals surface area contributed by atoms with Crippen LogP contribution in [0.1, 0.15) is 11.7 Å². The Hall–Kier alpha value is -1.64. The van der Waals surface area contributed by atoms with Crippen molar-refractivity contribution in [3.05, 3.63) is 24.0 Å². The average molecular weight is 179 g/mol.